The maximum absolute atomic E-state index is 10.9. The number of hydrogen-bond acceptors (Lipinski definition) is 3. The van der Waals surface area contributed by atoms with Crippen LogP contribution < -0.4 is 0 Å². The van der Waals surface area contributed by atoms with Crippen molar-refractivity contribution in [3.05, 3.63) is 46.3 Å². The molecular formula is C13H16OS2. The van der Waals surface area contributed by atoms with E-state index in [1.807, 2.05) is 19.1 Å². The van der Waals surface area contributed by atoms with Crippen molar-refractivity contribution in [2.24, 2.45) is 0 Å². The highest BCUT2D eigenvalue weighted by atomic mass is 32.2. The maximum Gasteiger partial charge on any atom is 0.147 e. The fourth-order valence-corrected chi connectivity index (χ4v) is 4.14. The molecule has 0 aromatic carbocycles. The van der Waals surface area contributed by atoms with E-state index in [1.165, 1.54) is 0 Å². The van der Waals surface area contributed by atoms with Gasteiger partial charge in [-0.2, -0.15) is 0 Å². The lowest BCUT2D eigenvalue weighted by Gasteiger charge is -2.32. The monoisotopic (exact) mass is 252 g/mol. The van der Waals surface area contributed by atoms with Crippen LogP contribution in [0.3, 0.4) is 0 Å². The number of hydrogen-bond donors (Lipinski definition) is 1. The van der Waals surface area contributed by atoms with Crippen molar-refractivity contribution < 1.29 is 5.11 Å². The first-order valence-corrected chi connectivity index (χ1v) is 7.34. The summed E-state index contributed by atoms with van der Waals surface area (Å²) in [4.78, 5) is 2.05. The summed E-state index contributed by atoms with van der Waals surface area (Å²) in [6.07, 6.45) is 9.30. The van der Waals surface area contributed by atoms with Crippen molar-refractivity contribution in [3.8, 4) is 0 Å². The minimum atomic E-state index is -0.948. The average molecular weight is 252 g/mol. The van der Waals surface area contributed by atoms with Crippen LogP contribution in [0.2, 0.25) is 0 Å². The van der Waals surface area contributed by atoms with E-state index in [9.17, 15) is 5.11 Å². The van der Waals surface area contributed by atoms with E-state index in [0.717, 1.165) is 33.3 Å². The van der Waals surface area contributed by atoms with Gasteiger partial charge in [0.25, 0.3) is 0 Å². The zero-order valence-corrected chi connectivity index (χ0v) is 11.0. The highest BCUT2D eigenvalue weighted by Gasteiger charge is 2.38. The molecule has 2 heterocycles. The molecule has 0 aromatic heterocycles. The molecule has 0 saturated carbocycles. The van der Waals surface area contributed by atoms with Crippen molar-refractivity contribution in [2.75, 3.05) is 11.5 Å². The van der Waals surface area contributed by atoms with Gasteiger partial charge in [-0.1, -0.05) is 24.8 Å². The minimum Gasteiger partial charge on any atom is -0.375 e. The summed E-state index contributed by atoms with van der Waals surface area (Å²) < 4.78 is 0. The van der Waals surface area contributed by atoms with Gasteiger partial charge in [0.1, 0.15) is 5.60 Å². The van der Waals surface area contributed by atoms with E-state index < -0.39 is 5.60 Å². The molecule has 1 unspecified atom stereocenters. The van der Waals surface area contributed by atoms with E-state index in [0.29, 0.717) is 0 Å². The highest BCUT2D eigenvalue weighted by molar-refractivity contribution is 8.04. The van der Waals surface area contributed by atoms with E-state index in [-0.39, 0.29) is 0 Å². The zero-order chi connectivity index (χ0) is 11.6. The van der Waals surface area contributed by atoms with E-state index in [2.05, 4.69) is 18.7 Å². The molecule has 0 amide bonds. The lowest BCUT2D eigenvalue weighted by atomic mass is 9.93. The Balaban J connectivity index is 2.38. The highest BCUT2D eigenvalue weighted by Crippen LogP contribution is 2.46. The second-order valence-corrected chi connectivity index (χ2v) is 6.16. The van der Waals surface area contributed by atoms with Crippen molar-refractivity contribution in [1.29, 1.82) is 0 Å². The van der Waals surface area contributed by atoms with Crippen LogP contribution in [0.25, 0.3) is 0 Å². The number of rotatable bonds is 3. The summed E-state index contributed by atoms with van der Waals surface area (Å²) in [5.41, 5.74) is -0.140. The fraction of sp³-hybridized carbons (Fsp3) is 0.385. The number of thioether (sulfide) groups is 2. The lowest BCUT2D eigenvalue weighted by molar-refractivity contribution is 0.174. The van der Waals surface area contributed by atoms with Crippen LogP contribution in [0.5, 0.6) is 0 Å². The SMILES string of the molecule is C=C(C)C(O)(C1=CC=CCS1)C1=CCCS1. The van der Waals surface area contributed by atoms with Crippen molar-refractivity contribution in [2.45, 2.75) is 18.9 Å². The lowest BCUT2D eigenvalue weighted by Crippen LogP contribution is -2.32. The molecule has 1 N–H and O–H groups in total. The molecule has 2 rings (SSSR count). The Labute approximate surface area is 105 Å². The van der Waals surface area contributed by atoms with E-state index in [1.54, 1.807) is 23.5 Å². The van der Waals surface area contributed by atoms with Gasteiger partial charge in [-0.05, 0) is 25.0 Å². The molecule has 0 aliphatic carbocycles. The average Bonchev–Trinajstić information content (AvgIpc) is 2.82. The summed E-state index contributed by atoms with van der Waals surface area (Å²) in [6.45, 7) is 5.87. The largest absolute Gasteiger partial charge is 0.375 e. The summed E-state index contributed by atoms with van der Waals surface area (Å²) >= 11 is 3.44. The first kappa shape index (κ1) is 12.1. The van der Waals surface area contributed by atoms with Crippen molar-refractivity contribution in [1.82, 2.24) is 0 Å². The Kier molecular flexibility index (Phi) is 3.67. The van der Waals surface area contributed by atoms with Crippen LogP contribution >= 0.6 is 23.5 Å². The Morgan fingerprint density at radius 1 is 1.44 bits per heavy atom. The van der Waals surface area contributed by atoms with Gasteiger partial charge in [0.05, 0.1) is 0 Å². The van der Waals surface area contributed by atoms with Gasteiger partial charge in [-0.25, -0.2) is 0 Å². The van der Waals surface area contributed by atoms with Crippen molar-refractivity contribution >= 4 is 23.5 Å². The first-order chi connectivity index (χ1) is 7.65. The Morgan fingerprint density at radius 3 is 2.75 bits per heavy atom. The molecule has 3 heteroatoms. The predicted octanol–water partition coefficient (Wildman–Crippen LogP) is 3.50. The van der Waals surface area contributed by atoms with Crippen LogP contribution in [0.15, 0.2) is 46.3 Å². The van der Waals surface area contributed by atoms with Crippen molar-refractivity contribution in [3.63, 3.8) is 0 Å². The van der Waals surface area contributed by atoms with Crippen LogP contribution in [0.1, 0.15) is 13.3 Å². The fourth-order valence-electron chi connectivity index (χ4n) is 1.83. The second-order valence-electron chi connectivity index (χ2n) is 3.97. The summed E-state index contributed by atoms with van der Waals surface area (Å²) in [5.74, 6) is 2.00. The minimum absolute atomic E-state index is 0.808. The smallest absolute Gasteiger partial charge is 0.147 e. The number of aliphatic hydroxyl groups is 1. The topological polar surface area (TPSA) is 20.2 Å². The molecular weight excluding hydrogens is 236 g/mol. The van der Waals surface area contributed by atoms with Gasteiger partial charge in [0, 0.05) is 21.3 Å². The molecule has 0 radical (unpaired) electrons. The Hall–Kier alpha value is -0.380. The third-order valence-corrected chi connectivity index (χ3v) is 5.07. The van der Waals surface area contributed by atoms with Gasteiger partial charge in [-0.3, -0.25) is 0 Å². The molecule has 0 saturated heterocycles. The molecule has 0 bridgehead atoms. The van der Waals surface area contributed by atoms with Crippen LogP contribution in [0, 0.1) is 0 Å². The standard InChI is InChI=1S/C13H16OS2/c1-10(2)13(14,12-7-5-9-16-12)11-6-3-4-8-15-11/h3-4,6-7,14H,1,5,8-9H2,2H3. The van der Waals surface area contributed by atoms with Crippen LogP contribution in [-0.2, 0) is 0 Å². The summed E-state index contributed by atoms with van der Waals surface area (Å²) in [6, 6.07) is 0. The third kappa shape index (κ3) is 2.04. The van der Waals surface area contributed by atoms with E-state index in [4.69, 9.17) is 0 Å². The molecule has 0 fully saturated rings. The number of allylic oxidation sites excluding steroid dienone is 3. The quantitative estimate of drug-likeness (QED) is 0.776. The van der Waals surface area contributed by atoms with Gasteiger partial charge < -0.3 is 5.11 Å². The molecule has 16 heavy (non-hydrogen) atoms. The third-order valence-electron chi connectivity index (χ3n) is 2.75. The molecule has 0 spiro atoms. The normalized spacial score (nSPS) is 23.6. The van der Waals surface area contributed by atoms with Gasteiger partial charge in [-0.15, -0.1) is 23.5 Å². The molecule has 1 atom stereocenters. The summed E-state index contributed by atoms with van der Waals surface area (Å²) in [7, 11) is 0. The maximum atomic E-state index is 10.9. The van der Waals surface area contributed by atoms with E-state index >= 15 is 0 Å². The molecule has 1 nitrogen and oxygen atoms in total. The molecule has 0 aromatic rings. The Morgan fingerprint density at radius 2 is 2.25 bits per heavy atom. The van der Waals surface area contributed by atoms with Gasteiger partial charge in [0.15, 0.2) is 0 Å². The molecule has 2 aliphatic rings. The first-order valence-electron chi connectivity index (χ1n) is 5.37. The molecule has 86 valence electrons. The van der Waals surface area contributed by atoms with Gasteiger partial charge in [0.2, 0.25) is 0 Å². The van der Waals surface area contributed by atoms with Crippen LogP contribution in [-0.4, -0.2) is 22.2 Å². The van der Waals surface area contributed by atoms with Crippen LogP contribution in [0.4, 0.5) is 0 Å². The predicted molar refractivity (Wildman–Crippen MR) is 74.6 cm³/mol. The molecule has 2 aliphatic heterocycles. The summed E-state index contributed by atoms with van der Waals surface area (Å²) in [5, 5.41) is 10.9. The zero-order valence-electron chi connectivity index (χ0n) is 9.40. The Bertz CT molecular complexity index is 393. The van der Waals surface area contributed by atoms with Gasteiger partial charge >= 0.3 is 0 Å². The second kappa shape index (κ2) is 4.86.